The molecule has 1 atom stereocenters. The zero-order chi connectivity index (χ0) is 18.8. The van der Waals surface area contributed by atoms with Crippen molar-refractivity contribution in [3.05, 3.63) is 42.2 Å². The zero-order valence-electron chi connectivity index (χ0n) is 15.7. The van der Waals surface area contributed by atoms with Crippen molar-refractivity contribution in [1.29, 1.82) is 0 Å². The first-order chi connectivity index (χ1) is 13.2. The van der Waals surface area contributed by atoms with Crippen molar-refractivity contribution >= 4 is 11.6 Å². The molecule has 27 heavy (non-hydrogen) atoms. The van der Waals surface area contributed by atoms with Gasteiger partial charge in [-0.25, -0.2) is 15.0 Å². The third kappa shape index (κ3) is 3.50. The largest absolute Gasteiger partial charge is 0.382 e. The smallest absolute Gasteiger partial charge is 0.160 e. The van der Waals surface area contributed by atoms with Gasteiger partial charge in [-0.05, 0) is 37.9 Å². The molecule has 4 rings (SSSR count). The van der Waals surface area contributed by atoms with Crippen LogP contribution in [0.25, 0.3) is 22.8 Å². The van der Waals surface area contributed by atoms with Crippen LogP contribution in [-0.2, 0) is 6.54 Å². The minimum absolute atomic E-state index is 0.385. The average molecular weight is 363 g/mol. The van der Waals surface area contributed by atoms with E-state index in [1.54, 1.807) is 6.20 Å². The number of hydrogen-bond acceptors (Lipinski definition) is 6. The van der Waals surface area contributed by atoms with E-state index in [0.717, 1.165) is 30.2 Å². The van der Waals surface area contributed by atoms with Crippen LogP contribution < -0.4 is 16.0 Å². The monoisotopic (exact) mass is 363 g/mol. The van der Waals surface area contributed by atoms with Crippen molar-refractivity contribution in [2.24, 2.45) is 0 Å². The van der Waals surface area contributed by atoms with Gasteiger partial charge in [-0.15, -0.1) is 0 Å². The van der Waals surface area contributed by atoms with Gasteiger partial charge in [0, 0.05) is 19.1 Å². The van der Waals surface area contributed by atoms with Crippen LogP contribution >= 0.6 is 0 Å². The average Bonchev–Trinajstić information content (AvgIpc) is 3.33. The first kappa shape index (κ1) is 17.5. The van der Waals surface area contributed by atoms with Crippen LogP contribution in [-0.4, -0.2) is 39.6 Å². The quantitative estimate of drug-likeness (QED) is 0.645. The second kappa shape index (κ2) is 7.36. The molecular weight excluding hydrogens is 338 g/mol. The second-order valence-electron chi connectivity index (χ2n) is 7.02. The predicted molar refractivity (Wildman–Crippen MR) is 108 cm³/mol. The maximum atomic E-state index is 6.10. The summed E-state index contributed by atoms with van der Waals surface area (Å²) in [5, 5.41) is 3.15. The Bertz CT molecular complexity index is 916. The highest BCUT2D eigenvalue weighted by atomic mass is 15.2. The number of imidazole rings is 1. The van der Waals surface area contributed by atoms with Crippen molar-refractivity contribution in [2.45, 2.75) is 32.4 Å². The lowest BCUT2D eigenvalue weighted by atomic mass is 10.1. The first-order valence-electron chi connectivity index (χ1n) is 9.34. The summed E-state index contributed by atoms with van der Waals surface area (Å²) in [6.07, 6.45) is 5.92. The maximum absolute atomic E-state index is 6.10. The SMILES string of the molecule is CNCc1ccc(-c2cnc(-c3nc(N4CCC[C@H]4C)cnc3N)[nH]2)cc1. The molecule has 2 aromatic heterocycles. The summed E-state index contributed by atoms with van der Waals surface area (Å²) in [6, 6.07) is 8.85. The van der Waals surface area contributed by atoms with E-state index in [1.165, 1.54) is 18.4 Å². The molecule has 0 unspecified atom stereocenters. The minimum atomic E-state index is 0.385. The molecule has 0 radical (unpaired) electrons. The van der Waals surface area contributed by atoms with Crippen LogP contribution in [0.1, 0.15) is 25.3 Å². The summed E-state index contributed by atoms with van der Waals surface area (Å²) in [5.74, 6) is 1.89. The van der Waals surface area contributed by atoms with E-state index in [4.69, 9.17) is 10.7 Å². The number of H-pyrrole nitrogens is 1. The van der Waals surface area contributed by atoms with Crippen LogP contribution in [0.2, 0.25) is 0 Å². The van der Waals surface area contributed by atoms with E-state index in [2.05, 4.69) is 56.4 Å². The number of aromatic nitrogens is 4. The van der Waals surface area contributed by atoms with Gasteiger partial charge >= 0.3 is 0 Å². The molecule has 7 heteroatoms. The van der Waals surface area contributed by atoms with Crippen molar-refractivity contribution < 1.29 is 0 Å². The Morgan fingerprint density at radius 2 is 2.04 bits per heavy atom. The van der Waals surface area contributed by atoms with E-state index >= 15 is 0 Å². The van der Waals surface area contributed by atoms with Gasteiger partial charge in [0.05, 0.1) is 18.1 Å². The fourth-order valence-corrected chi connectivity index (χ4v) is 3.57. The number of hydrogen-bond donors (Lipinski definition) is 3. The van der Waals surface area contributed by atoms with E-state index in [0.29, 0.717) is 23.4 Å². The fourth-order valence-electron chi connectivity index (χ4n) is 3.57. The molecule has 1 saturated heterocycles. The van der Waals surface area contributed by atoms with Gasteiger partial charge in [-0.1, -0.05) is 24.3 Å². The standard InChI is InChI=1S/C20H25N7/c1-13-4-3-9-27(13)17-12-23-19(21)18(26-17)20-24-11-16(25-20)15-7-5-14(6-8-15)10-22-2/h5-8,11-13,22H,3-4,9-10H2,1-2H3,(H2,21,23)(H,24,25)/t13-/m1/s1. The zero-order valence-corrected chi connectivity index (χ0v) is 15.7. The molecule has 0 aliphatic carbocycles. The van der Waals surface area contributed by atoms with E-state index in [9.17, 15) is 0 Å². The second-order valence-corrected chi connectivity index (χ2v) is 7.02. The van der Waals surface area contributed by atoms with Crippen LogP contribution in [0.5, 0.6) is 0 Å². The highest BCUT2D eigenvalue weighted by Gasteiger charge is 2.23. The molecular formula is C20H25N7. The summed E-state index contributed by atoms with van der Waals surface area (Å²) in [7, 11) is 1.94. The molecule has 4 N–H and O–H groups in total. The van der Waals surface area contributed by atoms with Gasteiger partial charge in [-0.2, -0.15) is 0 Å². The molecule has 0 bridgehead atoms. The maximum Gasteiger partial charge on any atom is 0.160 e. The van der Waals surface area contributed by atoms with Gasteiger partial charge in [0.2, 0.25) is 0 Å². The summed E-state index contributed by atoms with van der Waals surface area (Å²) >= 11 is 0. The topological polar surface area (TPSA) is 95.8 Å². The molecule has 3 heterocycles. The Hall–Kier alpha value is -2.93. The Balaban J connectivity index is 1.62. The molecule has 0 saturated carbocycles. The Morgan fingerprint density at radius 3 is 2.74 bits per heavy atom. The van der Waals surface area contributed by atoms with E-state index in [1.807, 2.05) is 13.2 Å². The third-order valence-corrected chi connectivity index (χ3v) is 5.08. The Kier molecular flexibility index (Phi) is 4.77. The summed E-state index contributed by atoms with van der Waals surface area (Å²) in [6.45, 7) is 4.07. The van der Waals surface area contributed by atoms with Crippen molar-refractivity contribution in [1.82, 2.24) is 25.3 Å². The molecule has 140 valence electrons. The number of anilines is 2. The minimum Gasteiger partial charge on any atom is -0.382 e. The van der Waals surface area contributed by atoms with Crippen molar-refractivity contribution in [3.8, 4) is 22.8 Å². The summed E-state index contributed by atoms with van der Waals surface area (Å²) in [5.41, 5.74) is 9.94. The molecule has 1 fully saturated rings. The number of aromatic amines is 1. The summed E-state index contributed by atoms with van der Waals surface area (Å²) < 4.78 is 0. The van der Waals surface area contributed by atoms with Crippen LogP contribution in [0.3, 0.4) is 0 Å². The molecule has 0 amide bonds. The lowest BCUT2D eigenvalue weighted by Gasteiger charge is -2.22. The van der Waals surface area contributed by atoms with Crippen molar-refractivity contribution in [2.75, 3.05) is 24.2 Å². The van der Waals surface area contributed by atoms with Crippen LogP contribution in [0, 0.1) is 0 Å². The molecule has 1 aliphatic rings. The van der Waals surface area contributed by atoms with Gasteiger partial charge in [0.1, 0.15) is 5.82 Å². The van der Waals surface area contributed by atoms with Crippen molar-refractivity contribution in [3.63, 3.8) is 0 Å². The summed E-state index contributed by atoms with van der Waals surface area (Å²) in [4.78, 5) is 19.2. The highest BCUT2D eigenvalue weighted by Crippen LogP contribution is 2.28. The number of nitrogens with two attached hydrogens (primary N) is 1. The number of nitrogens with one attached hydrogen (secondary N) is 2. The van der Waals surface area contributed by atoms with E-state index < -0.39 is 0 Å². The number of rotatable bonds is 5. The highest BCUT2D eigenvalue weighted by molar-refractivity contribution is 5.69. The first-order valence-corrected chi connectivity index (χ1v) is 9.34. The van der Waals surface area contributed by atoms with Crippen LogP contribution in [0.15, 0.2) is 36.7 Å². The van der Waals surface area contributed by atoms with Crippen LogP contribution in [0.4, 0.5) is 11.6 Å². The van der Waals surface area contributed by atoms with Gasteiger partial charge in [-0.3, -0.25) is 0 Å². The van der Waals surface area contributed by atoms with E-state index in [-0.39, 0.29) is 0 Å². The van der Waals surface area contributed by atoms with Gasteiger partial charge in [0.25, 0.3) is 0 Å². The molecule has 7 nitrogen and oxygen atoms in total. The fraction of sp³-hybridized carbons (Fsp3) is 0.350. The molecule has 3 aromatic rings. The Labute approximate surface area is 159 Å². The molecule has 1 aromatic carbocycles. The lowest BCUT2D eigenvalue weighted by Crippen LogP contribution is -2.27. The molecule has 0 spiro atoms. The van der Waals surface area contributed by atoms with Gasteiger partial charge in [0.15, 0.2) is 17.3 Å². The normalized spacial score (nSPS) is 16.8. The predicted octanol–water partition coefficient (Wildman–Crippen LogP) is 2.82. The number of benzene rings is 1. The third-order valence-electron chi connectivity index (χ3n) is 5.08. The Morgan fingerprint density at radius 1 is 1.22 bits per heavy atom. The van der Waals surface area contributed by atoms with Gasteiger partial charge < -0.3 is 20.9 Å². The number of nitrogens with zero attached hydrogens (tertiary/aromatic N) is 4. The molecule has 1 aliphatic heterocycles. The lowest BCUT2D eigenvalue weighted by molar-refractivity contribution is 0.726. The number of nitrogen functional groups attached to an aromatic ring is 1.